The first-order valence-electron chi connectivity index (χ1n) is 14.2. The Balaban J connectivity index is 1.96. The summed E-state index contributed by atoms with van der Waals surface area (Å²) in [4.78, 5) is 28.7. The largest absolute Gasteiger partial charge is 0.532 e. The van der Waals surface area contributed by atoms with Gasteiger partial charge in [-0.05, 0) is 29.4 Å². The summed E-state index contributed by atoms with van der Waals surface area (Å²) >= 11 is 0. The van der Waals surface area contributed by atoms with Crippen molar-refractivity contribution in [2.45, 2.75) is 47.5 Å². The molecule has 3 aromatic carbocycles. The fraction of sp³-hybridized carbons (Fsp3) is 0.286. The fourth-order valence-electron chi connectivity index (χ4n) is 5.51. The maximum Gasteiger partial charge on any atom is 0.346 e. The van der Waals surface area contributed by atoms with Crippen molar-refractivity contribution in [2.75, 3.05) is 13.1 Å². The van der Waals surface area contributed by atoms with Crippen molar-refractivity contribution in [3.63, 3.8) is 0 Å². The van der Waals surface area contributed by atoms with E-state index in [0.717, 1.165) is 21.3 Å². The number of nitriles is 1. The Bertz CT molecular complexity index is 1400. The molecular weight excluding hydrogens is 524 g/mol. The predicted octanol–water partition coefficient (Wildman–Crippen LogP) is 5.02. The Kier molecular flexibility index (Phi) is 9.10. The van der Waals surface area contributed by atoms with Crippen LogP contribution in [0.4, 0.5) is 0 Å². The summed E-state index contributed by atoms with van der Waals surface area (Å²) in [5.41, 5.74) is 0.847. The van der Waals surface area contributed by atoms with Gasteiger partial charge in [0.05, 0.1) is 30.1 Å². The molecule has 41 heavy (non-hydrogen) atoms. The van der Waals surface area contributed by atoms with E-state index >= 15 is 0 Å². The lowest BCUT2D eigenvalue weighted by molar-refractivity contribution is -0.123. The van der Waals surface area contributed by atoms with Gasteiger partial charge < -0.3 is 9.33 Å². The highest BCUT2D eigenvalue weighted by Crippen LogP contribution is 2.34. The molecule has 4 rings (SSSR count). The summed E-state index contributed by atoms with van der Waals surface area (Å²) in [6.07, 6.45) is 0.108. The molecule has 0 spiro atoms. The van der Waals surface area contributed by atoms with Gasteiger partial charge in [0.25, 0.3) is 0 Å². The summed E-state index contributed by atoms with van der Waals surface area (Å²) < 4.78 is 7.28. The molecular formula is C35H38N2O3Si. The standard InChI is InChI=1S/C35H38N2O3Si/c1-6-37(7-2)30-23-31(38)34(30)32(39)24-33(29(25-36)35(3,4)5)40-41(26-17-11-8-12-18-26,27-19-13-9-14-20-27)28-21-15-10-16-22-28/h8-22H,6-7,23-24H2,1-5H3/b33-29+. The highest BCUT2D eigenvalue weighted by molar-refractivity contribution is 7.07. The first-order chi connectivity index (χ1) is 19.7. The molecule has 0 unspecified atom stereocenters. The monoisotopic (exact) mass is 562 g/mol. The molecule has 0 amide bonds. The molecule has 0 fully saturated rings. The zero-order valence-electron chi connectivity index (χ0n) is 24.6. The van der Waals surface area contributed by atoms with Gasteiger partial charge in [0, 0.05) is 24.2 Å². The van der Waals surface area contributed by atoms with E-state index in [-0.39, 0.29) is 30.0 Å². The molecule has 1 aliphatic carbocycles. The molecule has 6 heteroatoms. The van der Waals surface area contributed by atoms with Gasteiger partial charge in [-0.1, -0.05) is 112 Å². The van der Waals surface area contributed by atoms with Crippen LogP contribution < -0.4 is 15.6 Å². The quantitative estimate of drug-likeness (QED) is 0.108. The summed E-state index contributed by atoms with van der Waals surface area (Å²) in [5.74, 6) is -0.116. The van der Waals surface area contributed by atoms with E-state index in [9.17, 15) is 14.9 Å². The third-order valence-electron chi connectivity index (χ3n) is 7.60. The molecule has 3 aromatic rings. The smallest absolute Gasteiger partial charge is 0.346 e. The number of ketones is 2. The number of allylic oxidation sites excluding steroid dienone is 4. The molecule has 0 saturated heterocycles. The van der Waals surface area contributed by atoms with Crippen molar-refractivity contribution in [3.05, 3.63) is 114 Å². The van der Waals surface area contributed by atoms with Crippen LogP contribution in [0.15, 0.2) is 114 Å². The first-order valence-corrected chi connectivity index (χ1v) is 16.1. The number of carbonyl (C=O) groups excluding carboxylic acids is 2. The van der Waals surface area contributed by atoms with Crippen LogP contribution in [0.5, 0.6) is 0 Å². The van der Waals surface area contributed by atoms with E-state index in [1.54, 1.807) is 0 Å². The van der Waals surface area contributed by atoms with Crippen molar-refractivity contribution in [1.29, 1.82) is 5.26 Å². The third-order valence-corrected chi connectivity index (χ3v) is 11.6. The Morgan fingerprint density at radius 3 is 1.63 bits per heavy atom. The van der Waals surface area contributed by atoms with Gasteiger partial charge >= 0.3 is 8.32 Å². The van der Waals surface area contributed by atoms with E-state index in [0.29, 0.717) is 24.4 Å². The molecule has 0 heterocycles. The Morgan fingerprint density at radius 1 is 0.854 bits per heavy atom. The Labute approximate surface area is 244 Å². The fourth-order valence-corrected chi connectivity index (χ4v) is 9.40. The summed E-state index contributed by atoms with van der Waals surface area (Å²) in [7, 11) is -3.28. The summed E-state index contributed by atoms with van der Waals surface area (Å²) in [5, 5.41) is 13.5. The van der Waals surface area contributed by atoms with E-state index < -0.39 is 13.7 Å². The van der Waals surface area contributed by atoms with Gasteiger partial charge in [-0.15, -0.1) is 0 Å². The third kappa shape index (κ3) is 5.96. The number of hydrogen-bond donors (Lipinski definition) is 0. The van der Waals surface area contributed by atoms with Crippen LogP contribution in [0.1, 0.15) is 47.5 Å². The van der Waals surface area contributed by atoms with Crippen LogP contribution in [0.2, 0.25) is 0 Å². The average molecular weight is 563 g/mol. The number of Topliss-reactive ketones (excluding diaryl/α,β-unsaturated/α-hetero) is 2. The highest BCUT2D eigenvalue weighted by Gasteiger charge is 2.46. The minimum Gasteiger partial charge on any atom is -0.532 e. The van der Waals surface area contributed by atoms with Crippen LogP contribution in [0, 0.1) is 16.7 Å². The van der Waals surface area contributed by atoms with Crippen molar-refractivity contribution >= 4 is 35.4 Å². The lowest BCUT2D eigenvalue weighted by atomic mass is 9.83. The van der Waals surface area contributed by atoms with E-state index in [2.05, 4.69) is 47.4 Å². The number of nitrogens with zero attached hydrogens (tertiary/aromatic N) is 2. The van der Waals surface area contributed by atoms with E-state index in [1.807, 2.05) is 89.2 Å². The van der Waals surface area contributed by atoms with Gasteiger partial charge in [0.2, 0.25) is 0 Å². The maximum absolute atomic E-state index is 13.9. The van der Waals surface area contributed by atoms with Crippen molar-refractivity contribution in [3.8, 4) is 6.07 Å². The number of benzene rings is 3. The minimum atomic E-state index is -3.28. The highest BCUT2D eigenvalue weighted by atomic mass is 28.4. The second-order valence-corrected chi connectivity index (χ2v) is 14.5. The predicted molar refractivity (Wildman–Crippen MR) is 166 cm³/mol. The van der Waals surface area contributed by atoms with Gasteiger partial charge in [0.1, 0.15) is 5.76 Å². The molecule has 0 N–H and O–H groups in total. The molecule has 0 bridgehead atoms. The zero-order valence-corrected chi connectivity index (χ0v) is 25.6. The number of carbonyl (C=O) groups is 2. The van der Waals surface area contributed by atoms with Crippen LogP contribution in [-0.4, -0.2) is 37.9 Å². The Morgan fingerprint density at radius 2 is 1.29 bits per heavy atom. The lowest BCUT2D eigenvalue weighted by Gasteiger charge is -2.36. The van der Waals surface area contributed by atoms with E-state index in [4.69, 9.17) is 4.43 Å². The normalized spacial score (nSPS) is 14.1. The molecule has 0 aromatic heterocycles. The molecule has 0 aliphatic heterocycles. The Hall–Kier alpha value is -4.21. The summed E-state index contributed by atoms with van der Waals surface area (Å²) in [6.45, 7) is 11.3. The summed E-state index contributed by atoms with van der Waals surface area (Å²) in [6, 6.07) is 32.6. The van der Waals surface area contributed by atoms with Crippen LogP contribution in [-0.2, 0) is 14.0 Å². The number of rotatable bonds is 11. The van der Waals surface area contributed by atoms with Gasteiger partial charge in [-0.2, -0.15) is 5.26 Å². The molecule has 5 nitrogen and oxygen atoms in total. The zero-order chi connectivity index (χ0) is 29.6. The maximum atomic E-state index is 13.9. The molecule has 210 valence electrons. The van der Waals surface area contributed by atoms with E-state index in [1.165, 1.54) is 0 Å². The SMILES string of the molecule is CCN(CC)C1=C(C(=O)C/C(O[Si](c2ccccc2)(c2ccccc2)c2ccccc2)=C(/C#N)C(C)(C)C)C(=O)C1. The minimum absolute atomic E-state index is 0.150. The van der Waals surface area contributed by atoms with Crippen molar-refractivity contribution < 1.29 is 14.0 Å². The van der Waals surface area contributed by atoms with Crippen molar-refractivity contribution in [2.24, 2.45) is 5.41 Å². The number of hydrogen-bond acceptors (Lipinski definition) is 5. The first kappa shape index (κ1) is 29.8. The molecule has 0 radical (unpaired) electrons. The van der Waals surface area contributed by atoms with Crippen LogP contribution >= 0.6 is 0 Å². The molecule has 1 aliphatic rings. The molecule has 0 atom stereocenters. The van der Waals surface area contributed by atoms with Gasteiger partial charge in [0.15, 0.2) is 11.6 Å². The lowest BCUT2D eigenvalue weighted by Crippen LogP contribution is -2.69. The van der Waals surface area contributed by atoms with Crippen molar-refractivity contribution in [1.82, 2.24) is 4.90 Å². The second kappa shape index (κ2) is 12.5. The topological polar surface area (TPSA) is 70.4 Å². The van der Waals surface area contributed by atoms with Gasteiger partial charge in [-0.3, -0.25) is 9.59 Å². The van der Waals surface area contributed by atoms with Gasteiger partial charge in [-0.25, -0.2) is 0 Å². The second-order valence-electron chi connectivity index (χ2n) is 11.2. The van der Waals surface area contributed by atoms with Crippen LogP contribution in [0.25, 0.3) is 0 Å². The molecule has 0 saturated carbocycles. The average Bonchev–Trinajstić information content (AvgIpc) is 2.96. The van der Waals surface area contributed by atoms with Crippen LogP contribution in [0.3, 0.4) is 0 Å².